The maximum atomic E-state index is 13.4. The van der Waals surface area contributed by atoms with Crippen molar-refractivity contribution in [3.8, 4) is 5.75 Å². The Bertz CT molecular complexity index is 1420. The summed E-state index contributed by atoms with van der Waals surface area (Å²) in [5, 5.41) is 6.73. The van der Waals surface area contributed by atoms with E-state index in [4.69, 9.17) is 4.74 Å². The van der Waals surface area contributed by atoms with Crippen LogP contribution in [0.2, 0.25) is 0 Å². The topological polar surface area (TPSA) is 108 Å². The molecule has 1 N–H and O–H groups in total. The molecule has 2 aliphatic heterocycles. The van der Waals surface area contributed by atoms with Crippen molar-refractivity contribution >= 4 is 27.5 Å². The number of amides is 2. The molecule has 2 amide bonds. The van der Waals surface area contributed by atoms with Gasteiger partial charge in [-0.25, -0.2) is 13.4 Å². The fraction of sp³-hybridized carbons (Fsp3) is 0.160. The number of ether oxygens (including phenoxy) is 1. The molecule has 178 valence electrons. The molecular formula is C25H22N4O5S. The maximum absolute atomic E-state index is 13.4. The molecule has 0 saturated heterocycles. The van der Waals surface area contributed by atoms with Crippen LogP contribution in [0.4, 0.5) is 0 Å². The third kappa shape index (κ3) is 4.29. The van der Waals surface area contributed by atoms with E-state index in [1.165, 1.54) is 23.2 Å². The molecule has 10 heteroatoms. The van der Waals surface area contributed by atoms with E-state index in [0.717, 1.165) is 21.8 Å². The van der Waals surface area contributed by atoms with Gasteiger partial charge in [0.2, 0.25) is 0 Å². The van der Waals surface area contributed by atoms with Crippen LogP contribution in [0.5, 0.6) is 5.75 Å². The highest BCUT2D eigenvalue weighted by molar-refractivity contribution is 7.89. The third-order valence-electron chi connectivity index (χ3n) is 5.95. The van der Waals surface area contributed by atoms with Crippen molar-refractivity contribution in [2.45, 2.75) is 17.4 Å². The maximum Gasteiger partial charge on any atom is 0.270 e. The monoisotopic (exact) mass is 490 g/mol. The first kappa shape index (κ1) is 22.8. The van der Waals surface area contributed by atoms with Crippen LogP contribution in [-0.4, -0.2) is 49.6 Å². The van der Waals surface area contributed by atoms with Gasteiger partial charge in [-0.05, 0) is 35.4 Å². The molecular weight excluding hydrogens is 468 g/mol. The summed E-state index contributed by atoms with van der Waals surface area (Å²) in [5.74, 6) is -0.441. The number of methoxy groups -OCH3 is 1. The van der Waals surface area contributed by atoms with E-state index < -0.39 is 34.4 Å². The van der Waals surface area contributed by atoms with Crippen LogP contribution in [0.15, 0.2) is 88.9 Å². The van der Waals surface area contributed by atoms with E-state index in [9.17, 15) is 18.0 Å². The predicted octanol–water partition coefficient (Wildman–Crippen LogP) is 2.72. The van der Waals surface area contributed by atoms with E-state index in [2.05, 4.69) is 9.93 Å². The van der Waals surface area contributed by atoms with Crippen molar-refractivity contribution in [1.82, 2.24) is 14.8 Å². The third-order valence-corrected chi connectivity index (χ3v) is 7.35. The second-order valence-electron chi connectivity index (χ2n) is 8.13. The number of hydrazine groups is 1. The van der Waals surface area contributed by atoms with Gasteiger partial charge in [-0.3, -0.25) is 14.6 Å². The van der Waals surface area contributed by atoms with Crippen molar-refractivity contribution in [2.24, 2.45) is 5.10 Å². The second kappa shape index (κ2) is 8.97. The number of benzene rings is 3. The van der Waals surface area contributed by atoms with Crippen LogP contribution < -0.4 is 9.57 Å². The number of hydrogen-bond donors (Lipinski definition) is 1. The van der Waals surface area contributed by atoms with Gasteiger partial charge in [0.05, 0.1) is 29.3 Å². The van der Waals surface area contributed by atoms with Gasteiger partial charge in [0.25, 0.3) is 21.8 Å². The number of carbonyl (C=O) groups excluding carboxylic acids is 2. The van der Waals surface area contributed by atoms with Crippen LogP contribution in [-0.2, 0) is 14.8 Å². The summed E-state index contributed by atoms with van der Waals surface area (Å²) in [6.45, 7) is -0.509. The van der Waals surface area contributed by atoms with Gasteiger partial charge in [-0.15, -0.1) is 4.83 Å². The van der Waals surface area contributed by atoms with E-state index in [1.807, 2.05) is 42.5 Å². The number of hydrazone groups is 1. The number of nitrogens with one attached hydrogen (secondary N) is 1. The zero-order valence-electron chi connectivity index (χ0n) is 18.8. The summed E-state index contributed by atoms with van der Waals surface area (Å²) in [5.41, 5.74) is 2.45. The summed E-state index contributed by atoms with van der Waals surface area (Å²) in [6, 6.07) is 22.3. The quantitative estimate of drug-likeness (QED) is 0.592. The number of sulfonamides is 1. The molecule has 2 aliphatic rings. The molecule has 0 unspecified atom stereocenters. The Hall–Kier alpha value is -4.02. The average molecular weight is 491 g/mol. The van der Waals surface area contributed by atoms with Crippen LogP contribution in [0.3, 0.4) is 0 Å². The van der Waals surface area contributed by atoms with Crippen molar-refractivity contribution in [1.29, 1.82) is 0 Å². The SMILES string of the molecule is COc1ccc([C@@H]2CC(c3ccccc3)=NN2C(=O)CN2NS(=O)(=O)c3ccccc3C2=O)cc1. The lowest BCUT2D eigenvalue weighted by Crippen LogP contribution is -2.53. The van der Waals surface area contributed by atoms with Crippen LogP contribution in [0, 0.1) is 0 Å². The Balaban J connectivity index is 1.45. The number of rotatable bonds is 5. The van der Waals surface area contributed by atoms with E-state index >= 15 is 0 Å². The Morgan fingerprint density at radius 3 is 2.43 bits per heavy atom. The molecule has 0 radical (unpaired) electrons. The molecule has 9 nitrogen and oxygen atoms in total. The van der Waals surface area contributed by atoms with Crippen molar-refractivity contribution in [3.63, 3.8) is 0 Å². The molecule has 3 aromatic carbocycles. The predicted molar refractivity (Wildman–Crippen MR) is 128 cm³/mol. The summed E-state index contributed by atoms with van der Waals surface area (Å²) in [7, 11) is -2.41. The largest absolute Gasteiger partial charge is 0.497 e. The Morgan fingerprint density at radius 2 is 1.71 bits per heavy atom. The number of hydrogen-bond acceptors (Lipinski definition) is 6. The molecule has 3 aromatic rings. The highest BCUT2D eigenvalue weighted by Crippen LogP contribution is 2.34. The van der Waals surface area contributed by atoms with Gasteiger partial charge in [0.15, 0.2) is 0 Å². The van der Waals surface area contributed by atoms with Gasteiger partial charge < -0.3 is 4.74 Å². The second-order valence-corrected chi connectivity index (χ2v) is 9.76. The van der Waals surface area contributed by atoms with E-state index in [-0.39, 0.29) is 10.5 Å². The van der Waals surface area contributed by atoms with Crippen LogP contribution >= 0.6 is 0 Å². The smallest absolute Gasteiger partial charge is 0.270 e. The van der Waals surface area contributed by atoms with Gasteiger partial charge in [0.1, 0.15) is 12.3 Å². The summed E-state index contributed by atoms with van der Waals surface area (Å²) >= 11 is 0. The molecule has 0 spiro atoms. The highest BCUT2D eigenvalue weighted by Gasteiger charge is 2.38. The minimum atomic E-state index is -3.99. The van der Waals surface area contributed by atoms with E-state index in [0.29, 0.717) is 12.2 Å². The Morgan fingerprint density at radius 1 is 1.03 bits per heavy atom. The van der Waals surface area contributed by atoms with Gasteiger partial charge in [-0.1, -0.05) is 54.6 Å². The zero-order valence-corrected chi connectivity index (χ0v) is 19.6. The van der Waals surface area contributed by atoms with Gasteiger partial charge in [-0.2, -0.15) is 5.10 Å². The van der Waals surface area contributed by atoms with Crippen LogP contribution in [0.1, 0.15) is 33.9 Å². The lowest BCUT2D eigenvalue weighted by molar-refractivity contribution is -0.134. The summed E-state index contributed by atoms with van der Waals surface area (Å²) in [6.07, 6.45) is 0.463. The molecule has 0 aliphatic carbocycles. The molecule has 1 atom stereocenters. The first-order valence-electron chi connectivity index (χ1n) is 10.9. The van der Waals surface area contributed by atoms with E-state index in [1.54, 1.807) is 25.3 Å². The minimum absolute atomic E-state index is 0.0145. The normalized spacial score (nSPS) is 18.7. The Labute approximate surface area is 202 Å². The Kier molecular flexibility index (Phi) is 5.83. The number of fused-ring (bicyclic) bond motifs is 1. The average Bonchev–Trinajstić information content (AvgIpc) is 3.33. The van der Waals surface area contributed by atoms with Crippen molar-refractivity contribution in [2.75, 3.05) is 13.7 Å². The van der Waals surface area contributed by atoms with Gasteiger partial charge >= 0.3 is 0 Å². The highest BCUT2D eigenvalue weighted by atomic mass is 32.2. The first-order valence-corrected chi connectivity index (χ1v) is 12.4. The molecule has 0 bridgehead atoms. The minimum Gasteiger partial charge on any atom is -0.497 e. The summed E-state index contributed by atoms with van der Waals surface area (Å²) in [4.78, 5) is 28.5. The molecule has 0 aromatic heterocycles. The molecule has 5 rings (SSSR count). The molecule has 35 heavy (non-hydrogen) atoms. The fourth-order valence-electron chi connectivity index (χ4n) is 4.20. The lowest BCUT2D eigenvalue weighted by atomic mass is 9.98. The lowest BCUT2D eigenvalue weighted by Gasteiger charge is -2.30. The molecule has 0 fully saturated rings. The molecule has 2 heterocycles. The van der Waals surface area contributed by atoms with Gasteiger partial charge in [0, 0.05) is 6.42 Å². The molecule has 0 saturated carbocycles. The standard InChI is InChI=1S/C25H22N4O5S/c1-34-19-13-11-18(12-14-19)22-15-21(17-7-3-2-4-8-17)26-29(22)24(30)16-28-25(31)20-9-5-6-10-23(20)35(32,33)27-28/h2-14,22,27H,15-16H2,1H3/t22-/m0/s1. The zero-order chi connectivity index (χ0) is 24.6. The number of nitrogens with zero attached hydrogens (tertiary/aromatic N) is 3. The summed E-state index contributed by atoms with van der Waals surface area (Å²) < 4.78 is 30.5. The van der Waals surface area contributed by atoms with Crippen molar-refractivity contribution in [3.05, 3.63) is 95.6 Å². The first-order chi connectivity index (χ1) is 16.9. The fourth-order valence-corrected chi connectivity index (χ4v) is 5.44. The number of carbonyl (C=O) groups is 2. The van der Waals surface area contributed by atoms with Crippen LogP contribution in [0.25, 0.3) is 0 Å². The van der Waals surface area contributed by atoms with Crippen molar-refractivity contribution < 1.29 is 22.7 Å².